The molecule has 0 saturated carbocycles. The molecule has 1 aromatic carbocycles. The van der Waals surface area contributed by atoms with Crippen LogP contribution in [0.1, 0.15) is 23.5 Å². The number of benzene rings is 1. The van der Waals surface area contributed by atoms with Gasteiger partial charge >= 0.3 is 0 Å². The minimum Gasteiger partial charge on any atom is -0.508 e. The van der Waals surface area contributed by atoms with Crippen LogP contribution >= 0.6 is 0 Å². The summed E-state index contributed by atoms with van der Waals surface area (Å²) >= 11 is 0. The van der Waals surface area contributed by atoms with E-state index in [1.807, 2.05) is 6.07 Å². The normalized spacial score (nSPS) is 30.4. The molecule has 1 fully saturated rings. The van der Waals surface area contributed by atoms with Crippen molar-refractivity contribution in [3.63, 3.8) is 0 Å². The number of fused-ring (bicyclic) bond motifs is 3. The second-order valence-corrected chi connectivity index (χ2v) is 4.53. The number of aromatic hydroxyl groups is 1. The number of nitrogens with zero attached hydrogens (tertiary/aromatic N) is 1. The van der Waals surface area contributed by atoms with Crippen LogP contribution in [0.3, 0.4) is 0 Å². The van der Waals surface area contributed by atoms with Gasteiger partial charge in [-0.3, -0.25) is 0 Å². The first kappa shape index (κ1) is 8.30. The van der Waals surface area contributed by atoms with E-state index in [-0.39, 0.29) is 0 Å². The van der Waals surface area contributed by atoms with Crippen LogP contribution in [0.15, 0.2) is 18.2 Å². The van der Waals surface area contributed by atoms with Gasteiger partial charge in [0.2, 0.25) is 0 Å². The van der Waals surface area contributed by atoms with Crippen LogP contribution in [-0.4, -0.2) is 29.6 Å². The topological polar surface area (TPSA) is 23.5 Å². The van der Waals surface area contributed by atoms with Crippen molar-refractivity contribution >= 4 is 0 Å². The molecule has 3 rings (SSSR count). The number of likely N-dealkylation sites (N-methyl/N-ethyl adjacent to an activating group) is 1. The first-order chi connectivity index (χ1) is 6.75. The molecule has 2 unspecified atom stereocenters. The fraction of sp³-hybridized carbons (Fsp3) is 0.500. The van der Waals surface area contributed by atoms with Gasteiger partial charge in [0.1, 0.15) is 5.75 Å². The molecule has 1 aliphatic heterocycles. The number of likely N-dealkylation sites (tertiary alicyclic amines) is 1. The van der Waals surface area contributed by atoms with E-state index in [9.17, 15) is 5.11 Å². The number of hydrogen-bond acceptors (Lipinski definition) is 2. The molecule has 0 amide bonds. The highest BCUT2D eigenvalue weighted by Crippen LogP contribution is 2.43. The molecule has 2 atom stereocenters. The quantitative estimate of drug-likeness (QED) is 0.672. The van der Waals surface area contributed by atoms with Crippen molar-refractivity contribution in [3.8, 4) is 5.75 Å². The molecule has 1 aliphatic carbocycles. The maximum absolute atomic E-state index is 9.47. The Bertz CT molecular complexity index is 375. The van der Waals surface area contributed by atoms with Crippen LogP contribution in [0.4, 0.5) is 0 Å². The molecule has 74 valence electrons. The maximum atomic E-state index is 9.47. The third kappa shape index (κ3) is 1.01. The van der Waals surface area contributed by atoms with E-state index in [2.05, 4.69) is 18.0 Å². The average molecular weight is 189 g/mol. The first-order valence-electron chi connectivity index (χ1n) is 5.28. The zero-order valence-electron chi connectivity index (χ0n) is 8.40. The lowest BCUT2D eigenvalue weighted by Crippen LogP contribution is -2.26. The van der Waals surface area contributed by atoms with E-state index in [1.54, 1.807) is 6.07 Å². The molecule has 0 aromatic heterocycles. The Labute approximate surface area is 84.2 Å². The highest BCUT2D eigenvalue weighted by molar-refractivity contribution is 5.43. The molecular weight excluding hydrogens is 174 g/mol. The van der Waals surface area contributed by atoms with Crippen LogP contribution in [0.2, 0.25) is 0 Å². The lowest BCUT2D eigenvalue weighted by Gasteiger charge is -2.17. The van der Waals surface area contributed by atoms with E-state index in [4.69, 9.17) is 0 Å². The highest BCUT2D eigenvalue weighted by atomic mass is 16.3. The van der Waals surface area contributed by atoms with Crippen molar-refractivity contribution in [2.45, 2.75) is 24.8 Å². The van der Waals surface area contributed by atoms with Gasteiger partial charge in [-0.25, -0.2) is 0 Å². The minimum absolute atomic E-state index is 0.416. The Kier molecular flexibility index (Phi) is 1.62. The molecule has 1 N–H and O–H groups in total. The fourth-order valence-corrected chi connectivity index (χ4v) is 3.01. The predicted molar refractivity (Wildman–Crippen MR) is 55.6 cm³/mol. The second-order valence-electron chi connectivity index (χ2n) is 4.53. The Morgan fingerprint density at radius 2 is 2.29 bits per heavy atom. The van der Waals surface area contributed by atoms with Crippen molar-refractivity contribution in [2.24, 2.45) is 0 Å². The molecule has 14 heavy (non-hydrogen) atoms. The van der Waals surface area contributed by atoms with Gasteiger partial charge in [-0.2, -0.15) is 0 Å². The van der Waals surface area contributed by atoms with E-state index in [1.165, 1.54) is 24.1 Å². The average Bonchev–Trinajstić information content (AvgIpc) is 2.67. The zero-order chi connectivity index (χ0) is 9.71. The van der Waals surface area contributed by atoms with Gasteiger partial charge < -0.3 is 10.0 Å². The van der Waals surface area contributed by atoms with Crippen LogP contribution in [0.5, 0.6) is 5.75 Å². The Morgan fingerprint density at radius 1 is 1.43 bits per heavy atom. The Hall–Kier alpha value is -1.02. The molecule has 0 radical (unpaired) electrons. The largest absolute Gasteiger partial charge is 0.508 e. The monoisotopic (exact) mass is 189 g/mol. The third-order valence-electron chi connectivity index (χ3n) is 3.78. The summed E-state index contributed by atoms with van der Waals surface area (Å²) in [5.74, 6) is 1.08. The molecule has 2 heteroatoms. The number of phenolic OH excluding ortho intramolecular Hbond substituents is 1. The molecule has 0 spiro atoms. The molecule has 1 heterocycles. The van der Waals surface area contributed by atoms with Gasteiger partial charge in [-0.1, -0.05) is 6.07 Å². The summed E-state index contributed by atoms with van der Waals surface area (Å²) in [6.45, 7) is 1.20. The van der Waals surface area contributed by atoms with Crippen LogP contribution in [0.25, 0.3) is 0 Å². The number of hydrogen-bond donors (Lipinski definition) is 1. The molecule has 1 saturated heterocycles. The second kappa shape index (κ2) is 2.74. The zero-order valence-corrected chi connectivity index (χ0v) is 8.40. The van der Waals surface area contributed by atoms with Crippen molar-refractivity contribution in [3.05, 3.63) is 29.3 Å². The van der Waals surface area contributed by atoms with Gasteiger partial charge in [0.15, 0.2) is 0 Å². The summed E-state index contributed by atoms with van der Waals surface area (Å²) in [7, 11) is 2.20. The van der Waals surface area contributed by atoms with E-state index in [0.717, 1.165) is 6.42 Å². The van der Waals surface area contributed by atoms with Gasteiger partial charge in [0.05, 0.1) is 0 Å². The van der Waals surface area contributed by atoms with Crippen molar-refractivity contribution in [1.29, 1.82) is 0 Å². The highest BCUT2D eigenvalue weighted by Gasteiger charge is 2.39. The van der Waals surface area contributed by atoms with Gasteiger partial charge in [0, 0.05) is 12.0 Å². The first-order valence-corrected chi connectivity index (χ1v) is 5.28. The lowest BCUT2D eigenvalue weighted by molar-refractivity contribution is 0.308. The smallest absolute Gasteiger partial charge is 0.115 e. The standard InChI is InChI=1S/C12H15NO/c1-13-5-4-10-11-7-9(14)3-2-8(11)6-12(10)13/h2-3,7,10,12,14H,4-6H2,1H3. The number of rotatable bonds is 0. The Morgan fingerprint density at radius 3 is 3.14 bits per heavy atom. The van der Waals surface area contributed by atoms with Crippen molar-refractivity contribution in [1.82, 2.24) is 4.90 Å². The van der Waals surface area contributed by atoms with E-state index >= 15 is 0 Å². The predicted octanol–water partition coefficient (Wildman–Crippen LogP) is 1.74. The summed E-state index contributed by atoms with van der Waals surface area (Å²) in [6.07, 6.45) is 2.41. The summed E-state index contributed by atoms with van der Waals surface area (Å²) in [5, 5.41) is 9.47. The van der Waals surface area contributed by atoms with Gasteiger partial charge in [-0.05, 0) is 49.7 Å². The molecule has 2 nitrogen and oxygen atoms in total. The summed E-state index contributed by atoms with van der Waals surface area (Å²) in [6, 6.07) is 6.53. The van der Waals surface area contributed by atoms with E-state index < -0.39 is 0 Å². The maximum Gasteiger partial charge on any atom is 0.115 e. The van der Waals surface area contributed by atoms with Gasteiger partial charge in [-0.15, -0.1) is 0 Å². The van der Waals surface area contributed by atoms with E-state index in [0.29, 0.717) is 17.7 Å². The third-order valence-corrected chi connectivity index (χ3v) is 3.78. The SMILES string of the molecule is CN1CCC2c3cc(O)ccc3CC21. The summed E-state index contributed by atoms with van der Waals surface area (Å²) in [5.41, 5.74) is 2.82. The Balaban J connectivity index is 2.05. The molecule has 1 aromatic rings. The van der Waals surface area contributed by atoms with Crippen molar-refractivity contribution in [2.75, 3.05) is 13.6 Å². The fourth-order valence-electron chi connectivity index (χ4n) is 3.01. The van der Waals surface area contributed by atoms with Crippen molar-refractivity contribution < 1.29 is 5.11 Å². The molecular formula is C12H15NO. The number of phenols is 1. The molecule has 0 bridgehead atoms. The summed E-state index contributed by atoms with van der Waals surface area (Å²) in [4.78, 5) is 2.45. The van der Waals surface area contributed by atoms with Gasteiger partial charge in [0.25, 0.3) is 0 Å². The summed E-state index contributed by atoms with van der Waals surface area (Å²) < 4.78 is 0. The lowest BCUT2D eigenvalue weighted by atomic mass is 9.98. The van der Waals surface area contributed by atoms with Crippen LogP contribution in [0, 0.1) is 0 Å². The van der Waals surface area contributed by atoms with Crippen LogP contribution < -0.4 is 0 Å². The van der Waals surface area contributed by atoms with Crippen LogP contribution in [-0.2, 0) is 6.42 Å². The minimum atomic E-state index is 0.416. The molecule has 2 aliphatic rings.